The zero-order valence-electron chi connectivity index (χ0n) is 17.7. The average molecular weight is 460 g/mol. The number of nitrogens with one attached hydrogen (secondary N) is 1. The van der Waals surface area contributed by atoms with Gasteiger partial charge in [-0.25, -0.2) is 19.0 Å². The van der Waals surface area contributed by atoms with Gasteiger partial charge in [-0.3, -0.25) is 4.79 Å². The Morgan fingerprint density at radius 1 is 1.12 bits per heavy atom. The maximum absolute atomic E-state index is 13.7. The number of anilines is 1. The molecule has 9 heteroatoms. The van der Waals surface area contributed by atoms with E-state index in [1.54, 1.807) is 27.6 Å². The van der Waals surface area contributed by atoms with E-state index < -0.39 is 11.7 Å². The minimum Gasteiger partial charge on any atom is -0.494 e. The molecule has 164 valence electrons. The number of hydrogen-bond donors (Lipinski definition) is 1. The number of rotatable bonds is 5. The van der Waals surface area contributed by atoms with Gasteiger partial charge < -0.3 is 10.1 Å². The number of aryl methyl sites for hydroxylation is 1. The van der Waals surface area contributed by atoms with Crippen molar-refractivity contribution >= 4 is 33.1 Å². The lowest BCUT2D eigenvalue weighted by atomic mass is 10.1. The van der Waals surface area contributed by atoms with Crippen molar-refractivity contribution in [3.8, 4) is 22.8 Å². The predicted octanol–water partition coefficient (Wildman–Crippen LogP) is 5.25. The first-order valence-corrected chi connectivity index (χ1v) is 10.9. The third kappa shape index (κ3) is 4.06. The molecule has 0 radical (unpaired) electrons. The van der Waals surface area contributed by atoms with Crippen LogP contribution >= 0.6 is 11.3 Å². The summed E-state index contributed by atoms with van der Waals surface area (Å²) in [6.07, 6.45) is 0. The number of aromatic nitrogens is 4. The van der Waals surface area contributed by atoms with E-state index in [-0.39, 0.29) is 11.4 Å². The smallest absolute Gasteiger partial charge is 0.276 e. The fraction of sp³-hybridized carbons (Fsp3) is 0.0833. The SMILES string of the molecule is COc1cc(NC(=O)c2cc(-c3ccc4ncsc4c3)n(-c3cccc(C)n3)n2)ccc1F. The summed E-state index contributed by atoms with van der Waals surface area (Å²) in [7, 11) is 1.37. The third-order valence-corrected chi connectivity index (χ3v) is 5.86. The number of methoxy groups -OCH3 is 1. The Morgan fingerprint density at radius 2 is 2.00 bits per heavy atom. The second kappa shape index (κ2) is 8.44. The van der Waals surface area contributed by atoms with Gasteiger partial charge in [-0.05, 0) is 49.4 Å². The minimum atomic E-state index is -0.508. The predicted molar refractivity (Wildman–Crippen MR) is 126 cm³/mol. The van der Waals surface area contributed by atoms with Gasteiger partial charge in [0.15, 0.2) is 23.1 Å². The molecular formula is C24H18FN5O2S. The summed E-state index contributed by atoms with van der Waals surface area (Å²) < 4.78 is 21.4. The molecule has 1 N–H and O–H groups in total. The molecule has 0 aliphatic carbocycles. The zero-order valence-corrected chi connectivity index (χ0v) is 18.6. The molecule has 0 aliphatic rings. The highest BCUT2D eigenvalue weighted by Crippen LogP contribution is 2.29. The number of fused-ring (bicyclic) bond motifs is 1. The number of ether oxygens (including phenoxy) is 1. The molecule has 3 heterocycles. The molecule has 0 saturated carbocycles. The lowest BCUT2D eigenvalue weighted by Crippen LogP contribution is -2.13. The van der Waals surface area contributed by atoms with Gasteiger partial charge in [-0.1, -0.05) is 12.1 Å². The highest BCUT2D eigenvalue weighted by molar-refractivity contribution is 7.16. The van der Waals surface area contributed by atoms with Crippen LogP contribution in [0.4, 0.5) is 10.1 Å². The van der Waals surface area contributed by atoms with Crippen LogP contribution in [0.1, 0.15) is 16.2 Å². The number of halogens is 1. The summed E-state index contributed by atoms with van der Waals surface area (Å²) in [6, 6.07) is 17.3. The van der Waals surface area contributed by atoms with Crippen LogP contribution in [0.15, 0.2) is 66.2 Å². The van der Waals surface area contributed by atoms with E-state index in [0.717, 1.165) is 21.5 Å². The van der Waals surface area contributed by atoms with Gasteiger partial charge in [0, 0.05) is 23.0 Å². The van der Waals surface area contributed by atoms with E-state index in [4.69, 9.17) is 4.74 Å². The molecule has 0 unspecified atom stereocenters. The third-order valence-electron chi connectivity index (χ3n) is 5.07. The molecule has 0 bridgehead atoms. The summed E-state index contributed by atoms with van der Waals surface area (Å²) in [6.45, 7) is 1.89. The number of pyridine rings is 1. The summed E-state index contributed by atoms with van der Waals surface area (Å²) in [5, 5.41) is 7.30. The molecule has 0 fully saturated rings. The van der Waals surface area contributed by atoms with Crippen LogP contribution in [0, 0.1) is 12.7 Å². The summed E-state index contributed by atoms with van der Waals surface area (Å²) >= 11 is 1.54. The highest BCUT2D eigenvalue weighted by atomic mass is 32.1. The van der Waals surface area contributed by atoms with Gasteiger partial charge in [0.05, 0.1) is 28.5 Å². The fourth-order valence-electron chi connectivity index (χ4n) is 3.47. The van der Waals surface area contributed by atoms with Crippen LogP contribution in [0.25, 0.3) is 27.3 Å². The lowest BCUT2D eigenvalue weighted by molar-refractivity contribution is 0.102. The van der Waals surface area contributed by atoms with Gasteiger partial charge in [0.2, 0.25) is 0 Å². The van der Waals surface area contributed by atoms with Gasteiger partial charge >= 0.3 is 0 Å². The van der Waals surface area contributed by atoms with Crippen LogP contribution in [-0.2, 0) is 0 Å². The van der Waals surface area contributed by atoms with Gasteiger partial charge in [0.1, 0.15) is 0 Å². The molecular weight excluding hydrogens is 441 g/mol. The Hall–Kier alpha value is -4.11. The van der Waals surface area contributed by atoms with Crippen molar-refractivity contribution in [1.29, 1.82) is 0 Å². The molecule has 0 spiro atoms. The molecule has 33 heavy (non-hydrogen) atoms. The minimum absolute atomic E-state index is 0.0424. The molecule has 5 rings (SSSR count). The number of amides is 1. The first-order chi connectivity index (χ1) is 16.0. The first kappa shape index (κ1) is 20.8. The molecule has 7 nitrogen and oxygen atoms in total. The van der Waals surface area contributed by atoms with E-state index in [1.165, 1.54) is 25.3 Å². The number of thiazole rings is 1. The van der Waals surface area contributed by atoms with Crippen LogP contribution in [0.5, 0.6) is 5.75 Å². The Labute approximate surface area is 192 Å². The van der Waals surface area contributed by atoms with Crippen molar-refractivity contribution < 1.29 is 13.9 Å². The quantitative estimate of drug-likeness (QED) is 0.388. The van der Waals surface area contributed by atoms with E-state index >= 15 is 0 Å². The standard InChI is InChI=1S/C24H18FN5O2S/c1-14-4-3-5-23(27-14)30-20(15-6-9-18-22(10-15)33-13-26-18)12-19(29-30)24(31)28-16-7-8-17(25)21(11-16)32-2/h3-13H,1-2H3,(H,28,31). The van der Waals surface area contributed by atoms with Crippen molar-refractivity contribution in [1.82, 2.24) is 19.7 Å². The molecule has 2 aromatic carbocycles. The molecule has 1 amide bonds. The van der Waals surface area contributed by atoms with Crippen molar-refractivity contribution in [2.24, 2.45) is 0 Å². The number of nitrogens with zero attached hydrogens (tertiary/aromatic N) is 4. The largest absolute Gasteiger partial charge is 0.494 e. The van der Waals surface area contributed by atoms with Crippen molar-refractivity contribution in [2.75, 3.05) is 12.4 Å². The Kier molecular flexibility index (Phi) is 5.31. The maximum Gasteiger partial charge on any atom is 0.276 e. The fourth-order valence-corrected chi connectivity index (χ4v) is 4.18. The zero-order chi connectivity index (χ0) is 22.9. The Morgan fingerprint density at radius 3 is 2.82 bits per heavy atom. The topological polar surface area (TPSA) is 81.9 Å². The summed E-state index contributed by atoms with van der Waals surface area (Å²) in [5.41, 5.74) is 5.72. The van der Waals surface area contributed by atoms with Crippen molar-refractivity contribution in [3.63, 3.8) is 0 Å². The molecule has 3 aromatic heterocycles. The maximum atomic E-state index is 13.7. The van der Waals surface area contributed by atoms with Gasteiger partial charge in [0.25, 0.3) is 5.91 Å². The first-order valence-electron chi connectivity index (χ1n) is 10.0. The van der Waals surface area contributed by atoms with E-state index in [9.17, 15) is 9.18 Å². The normalized spacial score (nSPS) is 11.0. The Balaban J connectivity index is 1.57. The van der Waals surface area contributed by atoms with Crippen molar-refractivity contribution in [3.05, 3.63) is 83.4 Å². The van der Waals surface area contributed by atoms with Crippen LogP contribution in [-0.4, -0.2) is 32.8 Å². The number of carbonyl (C=O) groups is 1. The monoisotopic (exact) mass is 459 g/mol. The van der Waals surface area contributed by atoms with Gasteiger partial charge in [-0.2, -0.15) is 5.10 Å². The summed E-state index contributed by atoms with van der Waals surface area (Å²) in [5.74, 6) is -0.307. The van der Waals surface area contributed by atoms with E-state index in [0.29, 0.717) is 17.2 Å². The van der Waals surface area contributed by atoms with Gasteiger partial charge in [-0.15, -0.1) is 11.3 Å². The van der Waals surface area contributed by atoms with E-state index in [1.807, 2.05) is 43.3 Å². The van der Waals surface area contributed by atoms with Crippen LogP contribution in [0.2, 0.25) is 0 Å². The lowest BCUT2D eigenvalue weighted by Gasteiger charge is -2.07. The van der Waals surface area contributed by atoms with Crippen LogP contribution in [0.3, 0.4) is 0 Å². The van der Waals surface area contributed by atoms with Crippen LogP contribution < -0.4 is 10.1 Å². The average Bonchev–Trinajstić information content (AvgIpc) is 3.47. The second-order valence-corrected chi connectivity index (χ2v) is 8.19. The molecule has 0 atom stereocenters. The number of carbonyl (C=O) groups excluding carboxylic acids is 1. The molecule has 0 saturated heterocycles. The number of hydrogen-bond acceptors (Lipinski definition) is 6. The van der Waals surface area contributed by atoms with Crippen molar-refractivity contribution in [2.45, 2.75) is 6.92 Å². The Bertz CT molecular complexity index is 1490. The summed E-state index contributed by atoms with van der Waals surface area (Å²) in [4.78, 5) is 21.9. The van der Waals surface area contributed by atoms with E-state index in [2.05, 4.69) is 20.4 Å². The molecule has 0 aliphatic heterocycles. The second-order valence-electron chi connectivity index (χ2n) is 7.30. The number of benzene rings is 2. The highest BCUT2D eigenvalue weighted by Gasteiger charge is 2.19. The molecule has 5 aromatic rings.